The van der Waals surface area contributed by atoms with Gasteiger partial charge in [-0.05, 0) is 47.9 Å². The van der Waals surface area contributed by atoms with E-state index in [1.807, 2.05) is 48.5 Å². The number of hydrogen-bond donors (Lipinski definition) is 1. The van der Waals surface area contributed by atoms with E-state index < -0.39 is 15.4 Å². The van der Waals surface area contributed by atoms with Crippen LogP contribution >= 0.6 is 0 Å². The van der Waals surface area contributed by atoms with Crippen molar-refractivity contribution < 1.29 is 44.0 Å². The Bertz CT molecular complexity index is 708. The van der Waals surface area contributed by atoms with E-state index in [0.29, 0.717) is 11.1 Å². The molecular formula is C21H29NaO3S. The molecule has 0 aromatic heterocycles. The first kappa shape index (κ1) is 23.4. The number of aryl methyl sites for hydroxylation is 2. The Balaban J connectivity index is 0.00000338. The maximum atomic E-state index is 12.0. The van der Waals surface area contributed by atoms with Crippen LogP contribution in [0.1, 0.15) is 68.5 Å². The second-order valence-electron chi connectivity index (χ2n) is 6.59. The molecule has 138 valence electrons. The molecule has 0 atom stereocenters. The molecule has 0 spiro atoms. The first-order valence-corrected chi connectivity index (χ1v) is 10.6. The number of hydrogen-bond acceptors (Lipinski definition) is 2. The summed E-state index contributed by atoms with van der Waals surface area (Å²) in [6.45, 7) is 4.29. The van der Waals surface area contributed by atoms with Crippen molar-refractivity contribution in [2.75, 3.05) is 0 Å². The Labute approximate surface area is 181 Å². The standard InChI is InChI=1S/C21H28O3S.Na.H/c1-3-5-7-17-9-13-19(14-10-17)21(25(22,23)24)20-15-11-18(12-16-20)8-6-4-2;;/h9-16,21H,3-8H2,1-2H3,(H,22,23,24);;/q;+1;-1. The van der Waals surface area contributed by atoms with Crippen molar-refractivity contribution in [3.63, 3.8) is 0 Å². The summed E-state index contributed by atoms with van der Waals surface area (Å²) in [5.41, 5.74) is 3.58. The molecule has 2 aromatic carbocycles. The van der Waals surface area contributed by atoms with Crippen molar-refractivity contribution in [3.8, 4) is 0 Å². The van der Waals surface area contributed by atoms with Crippen molar-refractivity contribution in [1.82, 2.24) is 0 Å². The van der Waals surface area contributed by atoms with Gasteiger partial charge in [-0.2, -0.15) is 8.42 Å². The molecule has 2 rings (SSSR count). The molecule has 1 N–H and O–H groups in total. The van der Waals surface area contributed by atoms with E-state index in [1.165, 1.54) is 11.1 Å². The van der Waals surface area contributed by atoms with Crippen LogP contribution < -0.4 is 29.6 Å². The Morgan fingerprint density at radius 1 is 0.808 bits per heavy atom. The first-order valence-electron chi connectivity index (χ1n) is 9.09. The molecule has 0 aliphatic rings. The monoisotopic (exact) mass is 384 g/mol. The molecular weight excluding hydrogens is 355 g/mol. The summed E-state index contributed by atoms with van der Waals surface area (Å²) in [6, 6.07) is 15.1. The van der Waals surface area contributed by atoms with Crippen molar-refractivity contribution in [3.05, 3.63) is 70.8 Å². The zero-order valence-electron chi connectivity index (χ0n) is 17.1. The predicted octanol–water partition coefficient (Wildman–Crippen LogP) is 2.47. The van der Waals surface area contributed by atoms with Gasteiger partial charge in [-0.1, -0.05) is 75.2 Å². The molecule has 0 bridgehead atoms. The first-order chi connectivity index (χ1) is 12.0. The summed E-state index contributed by atoms with van der Waals surface area (Å²) in [5.74, 6) is 0. The van der Waals surface area contributed by atoms with Gasteiger partial charge in [-0.3, -0.25) is 4.55 Å². The minimum Gasteiger partial charge on any atom is -1.00 e. The zero-order chi connectivity index (χ0) is 18.3. The van der Waals surface area contributed by atoms with Crippen LogP contribution in [0.3, 0.4) is 0 Å². The fourth-order valence-corrected chi connectivity index (χ4v) is 4.02. The van der Waals surface area contributed by atoms with Gasteiger partial charge in [0.2, 0.25) is 0 Å². The second-order valence-corrected chi connectivity index (χ2v) is 8.09. The maximum Gasteiger partial charge on any atom is 1.00 e. The SMILES string of the molecule is CCCCc1ccc(C(c2ccc(CCCC)cc2)S(=O)(=O)O)cc1.[H-].[Na+]. The topological polar surface area (TPSA) is 54.4 Å². The fraction of sp³-hybridized carbons (Fsp3) is 0.429. The summed E-state index contributed by atoms with van der Waals surface area (Å²) in [5, 5.41) is -1.03. The molecule has 0 heterocycles. The molecule has 0 saturated heterocycles. The summed E-state index contributed by atoms with van der Waals surface area (Å²) >= 11 is 0. The van der Waals surface area contributed by atoms with E-state index in [4.69, 9.17) is 0 Å². The summed E-state index contributed by atoms with van der Waals surface area (Å²) in [7, 11) is -4.23. The number of unbranched alkanes of at least 4 members (excludes halogenated alkanes) is 2. The predicted molar refractivity (Wildman–Crippen MR) is 105 cm³/mol. The van der Waals surface area contributed by atoms with Crippen LogP contribution in [0.5, 0.6) is 0 Å². The van der Waals surface area contributed by atoms with Crippen LogP contribution in [0.25, 0.3) is 0 Å². The Morgan fingerprint density at radius 3 is 1.42 bits per heavy atom. The Kier molecular flexibility index (Phi) is 10.1. The molecule has 5 heteroatoms. The number of rotatable bonds is 9. The van der Waals surface area contributed by atoms with Crippen LogP contribution in [-0.4, -0.2) is 13.0 Å². The summed E-state index contributed by atoms with van der Waals surface area (Å²) in [6.07, 6.45) is 6.44. The molecule has 0 aliphatic heterocycles. The summed E-state index contributed by atoms with van der Waals surface area (Å²) < 4.78 is 33.8. The quantitative estimate of drug-likeness (QED) is 0.534. The Hall–Kier alpha value is -0.650. The third kappa shape index (κ3) is 6.82. The molecule has 0 radical (unpaired) electrons. The van der Waals surface area contributed by atoms with E-state index in [-0.39, 0.29) is 31.0 Å². The van der Waals surface area contributed by atoms with Crippen LogP contribution in [0, 0.1) is 0 Å². The van der Waals surface area contributed by atoms with Gasteiger partial charge in [-0.15, -0.1) is 0 Å². The summed E-state index contributed by atoms with van der Waals surface area (Å²) in [4.78, 5) is 0. The van der Waals surface area contributed by atoms with Crippen molar-refractivity contribution >= 4 is 10.1 Å². The fourth-order valence-electron chi connectivity index (χ4n) is 3.02. The number of benzene rings is 2. The van der Waals surface area contributed by atoms with Crippen molar-refractivity contribution in [2.24, 2.45) is 0 Å². The van der Waals surface area contributed by atoms with Crippen LogP contribution in [0.4, 0.5) is 0 Å². The molecule has 0 fully saturated rings. The Morgan fingerprint density at radius 2 is 1.15 bits per heavy atom. The zero-order valence-corrected chi connectivity index (χ0v) is 18.9. The molecule has 0 unspecified atom stereocenters. The normalized spacial score (nSPS) is 11.4. The van der Waals surface area contributed by atoms with E-state index in [1.54, 1.807) is 0 Å². The molecule has 0 aliphatic carbocycles. The molecule has 26 heavy (non-hydrogen) atoms. The van der Waals surface area contributed by atoms with E-state index in [9.17, 15) is 13.0 Å². The van der Waals surface area contributed by atoms with Gasteiger partial charge >= 0.3 is 29.6 Å². The molecule has 2 aromatic rings. The average molecular weight is 385 g/mol. The van der Waals surface area contributed by atoms with Gasteiger partial charge in [-0.25, -0.2) is 0 Å². The smallest absolute Gasteiger partial charge is 1.00 e. The van der Waals surface area contributed by atoms with Gasteiger partial charge in [0.1, 0.15) is 5.25 Å². The van der Waals surface area contributed by atoms with Crippen LogP contribution in [0.2, 0.25) is 0 Å². The van der Waals surface area contributed by atoms with E-state index >= 15 is 0 Å². The van der Waals surface area contributed by atoms with Gasteiger partial charge in [0, 0.05) is 0 Å². The van der Waals surface area contributed by atoms with Crippen molar-refractivity contribution in [1.29, 1.82) is 0 Å². The molecule has 3 nitrogen and oxygen atoms in total. The van der Waals surface area contributed by atoms with E-state index in [0.717, 1.165) is 38.5 Å². The van der Waals surface area contributed by atoms with Crippen molar-refractivity contribution in [2.45, 2.75) is 57.6 Å². The minimum atomic E-state index is -4.23. The molecule has 0 saturated carbocycles. The van der Waals surface area contributed by atoms with Gasteiger partial charge in [0.05, 0.1) is 0 Å². The van der Waals surface area contributed by atoms with E-state index in [2.05, 4.69) is 13.8 Å². The molecule has 0 amide bonds. The minimum absolute atomic E-state index is 0. The third-order valence-corrected chi connectivity index (χ3v) is 5.64. The largest absolute Gasteiger partial charge is 1.00 e. The van der Waals surface area contributed by atoms with Gasteiger partial charge in [0.25, 0.3) is 10.1 Å². The van der Waals surface area contributed by atoms with Gasteiger partial charge < -0.3 is 1.43 Å². The average Bonchev–Trinajstić information content (AvgIpc) is 2.59. The van der Waals surface area contributed by atoms with Gasteiger partial charge in [0.15, 0.2) is 0 Å². The third-order valence-electron chi connectivity index (χ3n) is 4.50. The van der Waals surface area contributed by atoms with Crippen LogP contribution in [0.15, 0.2) is 48.5 Å². The second kappa shape index (κ2) is 11.3. The maximum absolute atomic E-state index is 12.0. The van der Waals surface area contributed by atoms with Crippen LogP contribution in [-0.2, 0) is 23.0 Å².